The van der Waals surface area contributed by atoms with Crippen molar-refractivity contribution in [2.45, 2.75) is 77.6 Å². The van der Waals surface area contributed by atoms with E-state index in [9.17, 15) is 5.11 Å². The Labute approximate surface area is 162 Å². The zero-order valence-electron chi connectivity index (χ0n) is 16.4. The molecule has 2 heterocycles. The van der Waals surface area contributed by atoms with Crippen LogP contribution in [0, 0.1) is 0 Å². The summed E-state index contributed by atoms with van der Waals surface area (Å²) >= 11 is 0. The van der Waals surface area contributed by atoms with Gasteiger partial charge in [-0.2, -0.15) is 0 Å². The molecule has 0 atom stereocenters. The fraction of sp³-hybridized carbons (Fsp3) is 0.591. The Kier molecular flexibility index (Phi) is 7.43. The first kappa shape index (κ1) is 19.6. The number of nitrogens with zero attached hydrogens (tertiary/aromatic N) is 3. The van der Waals surface area contributed by atoms with Gasteiger partial charge >= 0.3 is 0 Å². The summed E-state index contributed by atoms with van der Waals surface area (Å²) in [7, 11) is 0. The molecule has 0 unspecified atom stereocenters. The normalized spacial score (nSPS) is 11.6. The topological polar surface area (TPSA) is 68.1 Å². The Balaban J connectivity index is 1.23. The van der Waals surface area contributed by atoms with E-state index in [1.165, 1.54) is 64.2 Å². The van der Waals surface area contributed by atoms with E-state index in [-0.39, 0.29) is 5.75 Å². The first-order valence-corrected chi connectivity index (χ1v) is 10.5. The summed E-state index contributed by atoms with van der Waals surface area (Å²) in [6.45, 7) is 2.95. The minimum atomic E-state index is 0.149. The van der Waals surface area contributed by atoms with Crippen LogP contribution in [0.1, 0.15) is 77.6 Å². The minimum absolute atomic E-state index is 0.149. The molecule has 5 nitrogen and oxygen atoms in total. The molecule has 2 aliphatic heterocycles. The first-order valence-electron chi connectivity index (χ1n) is 10.5. The van der Waals surface area contributed by atoms with Crippen molar-refractivity contribution >= 4 is 0 Å². The smallest absolute Gasteiger partial charge is 0.202 e. The van der Waals surface area contributed by atoms with Crippen LogP contribution in [-0.2, 0) is 0 Å². The van der Waals surface area contributed by atoms with Crippen LogP contribution < -0.4 is 4.74 Å². The molecule has 0 aromatic heterocycles. The Hall–Kier alpha value is -2.17. The zero-order valence-corrected chi connectivity index (χ0v) is 16.4. The summed E-state index contributed by atoms with van der Waals surface area (Å²) in [4.78, 5) is 12.4. The van der Waals surface area contributed by atoms with Crippen molar-refractivity contribution in [3.63, 3.8) is 0 Å². The van der Waals surface area contributed by atoms with Crippen LogP contribution in [0.15, 0.2) is 18.2 Å². The summed E-state index contributed by atoms with van der Waals surface area (Å²) in [6.07, 6.45) is 14.5. The maximum Gasteiger partial charge on any atom is 0.202 e. The number of imidazole rings is 1. The lowest BCUT2D eigenvalue weighted by atomic mass is 10.1. The molecule has 27 heavy (non-hydrogen) atoms. The van der Waals surface area contributed by atoms with Crippen molar-refractivity contribution in [3.8, 4) is 34.5 Å². The molecule has 0 amide bonds. The summed E-state index contributed by atoms with van der Waals surface area (Å²) in [5, 5.41) is 10.2. The van der Waals surface area contributed by atoms with Gasteiger partial charge in [0.15, 0.2) is 5.82 Å². The van der Waals surface area contributed by atoms with E-state index >= 15 is 0 Å². The second kappa shape index (κ2) is 10.2. The Morgan fingerprint density at radius 1 is 0.741 bits per heavy atom. The van der Waals surface area contributed by atoms with E-state index in [2.05, 4.69) is 21.9 Å². The summed E-state index contributed by atoms with van der Waals surface area (Å²) in [6, 6.07) is 5.31. The zero-order chi connectivity index (χ0) is 18.9. The predicted molar refractivity (Wildman–Crippen MR) is 108 cm³/mol. The van der Waals surface area contributed by atoms with Gasteiger partial charge in [0.2, 0.25) is 11.6 Å². The summed E-state index contributed by atoms with van der Waals surface area (Å²) in [5.41, 5.74) is 0.624. The molecule has 0 saturated heterocycles. The van der Waals surface area contributed by atoms with Gasteiger partial charge in [-0.1, -0.05) is 71.1 Å². The van der Waals surface area contributed by atoms with Crippen LogP contribution in [0.3, 0.4) is 0 Å². The van der Waals surface area contributed by atoms with Gasteiger partial charge in [-0.3, -0.25) is 0 Å². The Morgan fingerprint density at radius 2 is 1.30 bits per heavy atom. The number of phenolic OH excluding ortho intramolecular Hbond substituents is 1. The Bertz CT molecular complexity index is 713. The molecule has 1 aromatic carbocycles. The fourth-order valence-electron chi connectivity index (χ4n) is 3.32. The maximum absolute atomic E-state index is 10.2. The molecule has 0 radical (unpaired) electrons. The largest absolute Gasteiger partial charge is 0.507 e. The molecule has 3 rings (SSSR count). The molecule has 146 valence electrons. The van der Waals surface area contributed by atoms with Crippen molar-refractivity contribution < 1.29 is 9.84 Å². The van der Waals surface area contributed by atoms with E-state index < -0.39 is 0 Å². The molecule has 0 bridgehead atoms. The molecular formula is C22H31N3O2. The molecular weight excluding hydrogens is 338 g/mol. The maximum atomic E-state index is 10.2. The van der Waals surface area contributed by atoms with Crippen LogP contribution in [0.25, 0.3) is 23.0 Å². The number of rotatable bonds is 14. The van der Waals surface area contributed by atoms with Crippen molar-refractivity contribution in [1.29, 1.82) is 0 Å². The number of hydrogen-bond donors (Lipinski definition) is 1. The fourth-order valence-corrected chi connectivity index (χ4v) is 3.32. The number of hydrogen-bond acceptors (Lipinski definition) is 5. The molecule has 1 N–H and O–H groups in total. The third kappa shape index (κ3) is 6.19. The second-order valence-corrected chi connectivity index (χ2v) is 7.37. The summed E-state index contributed by atoms with van der Waals surface area (Å²) in [5.74, 6) is 2.74. The average Bonchev–Trinajstić information content (AvgIpc) is 3.28. The molecule has 2 aliphatic rings. The quantitative estimate of drug-likeness (QED) is 0.357. The van der Waals surface area contributed by atoms with Crippen molar-refractivity contribution in [1.82, 2.24) is 15.0 Å². The number of unbranched alkanes of at least 4 members (excludes halogenated alkanes) is 10. The van der Waals surface area contributed by atoms with E-state index in [0.717, 1.165) is 6.42 Å². The highest BCUT2D eigenvalue weighted by Crippen LogP contribution is 2.34. The van der Waals surface area contributed by atoms with Crippen molar-refractivity contribution in [2.75, 3.05) is 6.61 Å². The highest BCUT2D eigenvalue weighted by molar-refractivity contribution is 5.71. The van der Waals surface area contributed by atoms with Gasteiger partial charge in [-0.15, -0.1) is 0 Å². The van der Waals surface area contributed by atoms with Crippen molar-refractivity contribution in [2.24, 2.45) is 0 Å². The van der Waals surface area contributed by atoms with Gasteiger partial charge in [0.05, 0.1) is 12.2 Å². The van der Waals surface area contributed by atoms with Gasteiger partial charge in [0.1, 0.15) is 11.5 Å². The van der Waals surface area contributed by atoms with Crippen LogP contribution in [0.5, 0.6) is 11.5 Å². The predicted octanol–water partition coefficient (Wildman–Crippen LogP) is 5.91. The highest BCUT2D eigenvalue weighted by Gasteiger charge is 2.24. The second-order valence-electron chi connectivity index (χ2n) is 7.37. The first-order chi connectivity index (χ1) is 13.3. The van der Waals surface area contributed by atoms with E-state index in [4.69, 9.17) is 4.74 Å². The molecule has 1 aromatic rings. The van der Waals surface area contributed by atoms with Gasteiger partial charge in [-0.25, -0.2) is 15.0 Å². The average molecular weight is 370 g/mol. The monoisotopic (exact) mass is 369 g/mol. The number of phenols is 1. The summed E-state index contributed by atoms with van der Waals surface area (Å²) < 4.78 is 5.76. The van der Waals surface area contributed by atoms with E-state index in [1.54, 1.807) is 12.1 Å². The number of aromatic nitrogens is 3. The molecule has 0 aliphatic carbocycles. The van der Waals surface area contributed by atoms with Crippen LogP contribution in [-0.4, -0.2) is 26.7 Å². The van der Waals surface area contributed by atoms with Gasteiger partial charge < -0.3 is 9.84 Å². The van der Waals surface area contributed by atoms with Crippen LogP contribution in [0.2, 0.25) is 0 Å². The SMILES string of the molecule is CCCCCCCCCCCCCOc1ccc(-c2nc3nc-3n2)c(O)c1. The van der Waals surface area contributed by atoms with E-state index in [0.29, 0.717) is 35.4 Å². The molecule has 5 heteroatoms. The number of ether oxygens (including phenoxy) is 1. The molecule has 0 saturated carbocycles. The van der Waals surface area contributed by atoms with Crippen LogP contribution >= 0.6 is 0 Å². The third-order valence-corrected chi connectivity index (χ3v) is 5.01. The third-order valence-electron chi connectivity index (χ3n) is 5.01. The lowest BCUT2D eigenvalue weighted by Gasteiger charge is -2.08. The number of aromatic hydroxyl groups is 1. The van der Waals surface area contributed by atoms with E-state index in [1.807, 2.05) is 6.07 Å². The Morgan fingerprint density at radius 3 is 1.89 bits per heavy atom. The molecule has 0 fully saturated rings. The van der Waals surface area contributed by atoms with Gasteiger partial charge in [-0.05, 0) is 18.6 Å². The number of fused-ring (bicyclic) bond motifs is 1. The standard InChI is InChI=1S/C22H31N3O2/c1-2-3-4-5-6-7-8-9-10-11-12-15-27-17-13-14-18(19(26)16-17)20-23-21-22(24-20)25-21/h13-14,16,26H,2-12,15H2,1H3. The lowest BCUT2D eigenvalue weighted by Crippen LogP contribution is -1.97. The van der Waals surface area contributed by atoms with Crippen LogP contribution in [0.4, 0.5) is 0 Å². The lowest BCUT2D eigenvalue weighted by molar-refractivity contribution is 0.302. The van der Waals surface area contributed by atoms with Crippen molar-refractivity contribution in [3.05, 3.63) is 18.2 Å². The van der Waals surface area contributed by atoms with Gasteiger partial charge in [0.25, 0.3) is 0 Å². The highest BCUT2D eigenvalue weighted by atomic mass is 16.5. The minimum Gasteiger partial charge on any atom is -0.507 e. The molecule has 0 spiro atoms. The van der Waals surface area contributed by atoms with Gasteiger partial charge in [0, 0.05) is 6.07 Å². The number of benzene rings is 1.